The van der Waals surface area contributed by atoms with E-state index in [0.29, 0.717) is 0 Å². The van der Waals surface area contributed by atoms with Gasteiger partial charge in [-0.3, -0.25) is 0 Å². The maximum Gasteiger partial charge on any atom is -0.00138 e. The predicted molar refractivity (Wildman–Crippen MR) is 157 cm³/mol. The maximum atomic E-state index is 2.36. The molecule has 0 saturated heterocycles. The van der Waals surface area contributed by atoms with Gasteiger partial charge in [-0.05, 0) is 90.3 Å². The van der Waals surface area contributed by atoms with Gasteiger partial charge in [0.2, 0.25) is 0 Å². The number of aryl methyl sites for hydroxylation is 2. The Labute approximate surface area is 211 Å². The first-order valence-electron chi connectivity index (χ1n) is 12.6. The molecule has 0 nitrogen and oxygen atoms in total. The molecule has 36 heavy (non-hydrogen) atoms. The Morgan fingerprint density at radius 2 is 0.833 bits per heavy atom. The van der Waals surface area contributed by atoms with E-state index < -0.39 is 0 Å². The third kappa shape index (κ3) is 3.01. The minimum Gasteiger partial charge on any atom is -0.0620 e. The molecule has 0 atom stereocenters. The Bertz CT molecular complexity index is 1960. The van der Waals surface area contributed by atoms with Crippen LogP contribution >= 0.6 is 0 Å². The Hall–Kier alpha value is -4.42. The second-order valence-electron chi connectivity index (χ2n) is 9.80. The lowest BCUT2D eigenvalue weighted by molar-refractivity contribution is 1.47. The van der Waals surface area contributed by atoms with Crippen LogP contribution in [0.4, 0.5) is 0 Å². The van der Waals surface area contributed by atoms with Crippen molar-refractivity contribution in [3.05, 3.63) is 132 Å². The molecule has 0 bridgehead atoms. The smallest absolute Gasteiger partial charge is 0.00138 e. The van der Waals surface area contributed by atoms with Crippen LogP contribution < -0.4 is 0 Å². The summed E-state index contributed by atoms with van der Waals surface area (Å²) in [4.78, 5) is 0. The van der Waals surface area contributed by atoms with Crippen LogP contribution in [-0.4, -0.2) is 0 Å². The molecule has 170 valence electrons. The number of hydrogen-bond donors (Lipinski definition) is 0. The van der Waals surface area contributed by atoms with Crippen LogP contribution in [0.2, 0.25) is 0 Å². The second-order valence-corrected chi connectivity index (χ2v) is 9.80. The van der Waals surface area contributed by atoms with E-state index in [0.717, 1.165) is 0 Å². The van der Waals surface area contributed by atoms with E-state index >= 15 is 0 Å². The van der Waals surface area contributed by atoms with Crippen LogP contribution in [0.25, 0.3) is 65.3 Å². The lowest BCUT2D eigenvalue weighted by Gasteiger charge is -2.21. The molecule has 0 heteroatoms. The molecule has 0 saturated carbocycles. The fourth-order valence-corrected chi connectivity index (χ4v) is 6.04. The topological polar surface area (TPSA) is 0 Å². The van der Waals surface area contributed by atoms with E-state index in [9.17, 15) is 0 Å². The minimum atomic E-state index is 1.28. The fraction of sp³-hybridized carbons (Fsp3) is 0.0556. The SMILES string of the molecule is Cc1ccccc1-c1c2ccccc2c(-c2ccccc2C)c2c1ccc1c3ccccc3ccc12. The van der Waals surface area contributed by atoms with Crippen molar-refractivity contribution >= 4 is 43.1 Å². The first-order chi connectivity index (χ1) is 17.7. The average Bonchev–Trinajstić information content (AvgIpc) is 2.92. The van der Waals surface area contributed by atoms with Crippen LogP contribution in [0.15, 0.2) is 121 Å². The van der Waals surface area contributed by atoms with Gasteiger partial charge in [-0.15, -0.1) is 0 Å². The van der Waals surface area contributed by atoms with Crippen LogP contribution in [-0.2, 0) is 0 Å². The highest BCUT2D eigenvalue weighted by molar-refractivity contribution is 6.30. The first kappa shape index (κ1) is 20.9. The van der Waals surface area contributed by atoms with Gasteiger partial charge in [0.25, 0.3) is 0 Å². The van der Waals surface area contributed by atoms with Crippen LogP contribution in [0.1, 0.15) is 11.1 Å². The summed E-state index contributed by atoms with van der Waals surface area (Å²) < 4.78 is 0. The van der Waals surface area contributed by atoms with Crippen molar-refractivity contribution in [2.24, 2.45) is 0 Å². The molecule has 0 aliphatic rings. The Morgan fingerprint density at radius 1 is 0.333 bits per heavy atom. The summed E-state index contributed by atoms with van der Waals surface area (Å²) >= 11 is 0. The highest BCUT2D eigenvalue weighted by Gasteiger charge is 2.20. The van der Waals surface area contributed by atoms with E-state index in [4.69, 9.17) is 0 Å². The van der Waals surface area contributed by atoms with Gasteiger partial charge in [-0.25, -0.2) is 0 Å². The zero-order valence-corrected chi connectivity index (χ0v) is 20.5. The summed E-state index contributed by atoms with van der Waals surface area (Å²) in [6.07, 6.45) is 0. The highest BCUT2D eigenvalue weighted by Crippen LogP contribution is 2.47. The van der Waals surface area contributed by atoms with Gasteiger partial charge in [-0.1, -0.05) is 121 Å². The zero-order valence-electron chi connectivity index (χ0n) is 20.5. The molecule has 0 aromatic heterocycles. The molecule has 0 radical (unpaired) electrons. The van der Waals surface area contributed by atoms with Crippen molar-refractivity contribution in [1.82, 2.24) is 0 Å². The van der Waals surface area contributed by atoms with Gasteiger partial charge in [0.1, 0.15) is 0 Å². The lowest BCUT2D eigenvalue weighted by Crippen LogP contribution is -1.94. The van der Waals surface area contributed by atoms with Gasteiger partial charge < -0.3 is 0 Å². The van der Waals surface area contributed by atoms with Crippen LogP contribution in [0, 0.1) is 13.8 Å². The van der Waals surface area contributed by atoms with E-state index in [1.54, 1.807) is 0 Å². The largest absolute Gasteiger partial charge is 0.0620 e. The summed E-state index contributed by atoms with van der Waals surface area (Å²) in [5.74, 6) is 0. The normalized spacial score (nSPS) is 11.6. The summed E-state index contributed by atoms with van der Waals surface area (Å²) in [7, 11) is 0. The van der Waals surface area contributed by atoms with Crippen molar-refractivity contribution in [3.63, 3.8) is 0 Å². The first-order valence-corrected chi connectivity index (χ1v) is 12.6. The molecule has 7 rings (SSSR count). The Kier molecular flexibility index (Phi) is 4.69. The van der Waals surface area contributed by atoms with Gasteiger partial charge in [0.05, 0.1) is 0 Å². The van der Waals surface area contributed by atoms with Gasteiger partial charge in [0.15, 0.2) is 0 Å². The number of rotatable bonds is 2. The van der Waals surface area contributed by atoms with Crippen molar-refractivity contribution in [2.75, 3.05) is 0 Å². The molecule has 0 spiro atoms. The average molecular weight is 459 g/mol. The molecule has 7 aromatic carbocycles. The van der Waals surface area contributed by atoms with Crippen molar-refractivity contribution < 1.29 is 0 Å². The molecule has 0 N–H and O–H groups in total. The van der Waals surface area contributed by atoms with E-state index in [1.807, 2.05) is 0 Å². The van der Waals surface area contributed by atoms with Gasteiger partial charge in [-0.2, -0.15) is 0 Å². The molecule has 0 heterocycles. The number of hydrogen-bond acceptors (Lipinski definition) is 0. The minimum absolute atomic E-state index is 1.28. The van der Waals surface area contributed by atoms with Crippen LogP contribution in [0.3, 0.4) is 0 Å². The van der Waals surface area contributed by atoms with Crippen molar-refractivity contribution in [1.29, 1.82) is 0 Å². The van der Waals surface area contributed by atoms with Crippen molar-refractivity contribution in [3.8, 4) is 22.3 Å². The van der Waals surface area contributed by atoms with Crippen LogP contribution in [0.5, 0.6) is 0 Å². The summed E-state index contributed by atoms with van der Waals surface area (Å²) in [5, 5.41) is 10.5. The standard InChI is InChI=1S/C36H26/c1-23-11-3-6-14-26(23)34-30-17-9-10-18-31(30)35(27-15-7-4-12-24(27)2)36-32-20-19-25-13-5-8-16-28(25)29(32)21-22-33(34)36/h3-22H,1-2H3. The maximum absolute atomic E-state index is 2.36. The predicted octanol–water partition coefficient (Wildman–Crippen LogP) is 10.3. The number of benzene rings is 7. The Balaban J connectivity index is 1.80. The second kappa shape index (κ2) is 8.07. The van der Waals surface area contributed by atoms with E-state index in [-0.39, 0.29) is 0 Å². The van der Waals surface area contributed by atoms with E-state index in [1.165, 1.54) is 76.5 Å². The summed E-state index contributed by atoms with van der Waals surface area (Å²) in [5.41, 5.74) is 7.85. The van der Waals surface area contributed by atoms with Crippen molar-refractivity contribution in [2.45, 2.75) is 13.8 Å². The number of fused-ring (bicyclic) bond motifs is 6. The molecule has 7 aromatic rings. The molecule has 0 amide bonds. The van der Waals surface area contributed by atoms with E-state index in [2.05, 4.69) is 135 Å². The third-order valence-electron chi connectivity index (χ3n) is 7.74. The zero-order chi connectivity index (χ0) is 24.2. The van der Waals surface area contributed by atoms with Gasteiger partial charge in [0, 0.05) is 0 Å². The summed E-state index contributed by atoms with van der Waals surface area (Å²) in [6.45, 7) is 4.45. The molecule has 0 unspecified atom stereocenters. The fourth-order valence-electron chi connectivity index (χ4n) is 6.04. The lowest BCUT2D eigenvalue weighted by atomic mass is 9.82. The summed E-state index contributed by atoms with van der Waals surface area (Å²) in [6, 6.07) is 44.6. The highest BCUT2D eigenvalue weighted by atomic mass is 14.2. The monoisotopic (exact) mass is 458 g/mol. The molecular weight excluding hydrogens is 432 g/mol. The quantitative estimate of drug-likeness (QED) is 0.178. The molecule has 0 fully saturated rings. The third-order valence-corrected chi connectivity index (χ3v) is 7.74. The molecule has 0 aliphatic heterocycles. The molecule has 0 aliphatic carbocycles. The molecular formula is C36H26. The van der Waals surface area contributed by atoms with Gasteiger partial charge >= 0.3 is 0 Å². The Morgan fingerprint density at radius 3 is 1.53 bits per heavy atom.